The Morgan fingerprint density at radius 1 is 1.32 bits per heavy atom. The third-order valence-electron chi connectivity index (χ3n) is 2.82. The van der Waals surface area contributed by atoms with E-state index in [1.165, 1.54) is 0 Å². The van der Waals surface area contributed by atoms with Gasteiger partial charge in [0.15, 0.2) is 0 Å². The molecule has 5 nitrogen and oxygen atoms in total. The van der Waals surface area contributed by atoms with Crippen molar-refractivity contribution in [1.82, 2.24) is 9.55 Å². The fraction of sp³-hybridized carbons (Fsp3) is 0.231. The molecule has 0 saturated carbocycles. The van der Waals surface area contributed by atoms with Crippen LogP contribution in [0.4, 0.5) is 0 Å². The van der Waals surface area contributed by atoms with Crippen LogP contribution in [0, 0.1) is 6.92 Å². The molecular weight excluding hydrogens is 312 g/mol. The normalized spacial score (nSPS) is 10.7. The van der Waals surface area contributed by atoms with Crippen LogP contribution in [0.1, 0.15) is 18.1 Å². The van der Waals surface area contributed by atoms with Crippen LogP contribution in [0.3, 0.4) is 0 Å². The van der Waals surface area contributed by atoms with Crippen LogP contribution in [-0.2, 0) is 6.42 Å². The standard InChI is InChI=1S/C13H13BrN2O3/c1-3-10-11(17)15-13(19)16(12(10)18)9-5-7(2)4-8(14)6-9/h4-6,18H,3H2,1-2H3,(H,15,17,19). The van der Waals surface area contributed by atoms with Gasteiger partial charge in [-0.15, -0.1) is 0 Å². The first-order valence-corrected chi connectivity index (χ1v) is 6.58. The monoisotopic (exact) mass is 324 g/mol. The van der Waals surface area contributed by atoms with Crippen molar-refractivity contribution in [3.63, 3.8) is 0 Å². The van der Waals surface area contributed by atoms with Crippen molar-refractivity contribution < 1.29 is 5.11 Å². The Morgan fingerprint density at radius 2 is 2.00 bits per heavy atom. The number of halogens is 1. The van der Waals surface area contributed by atoms with Crippen molar-refractivity contribution in [3.8, 4) is 11.6 Å². The molecule has 0 saturated heterocycles. The minimum Gasteiger partial charge on any atom is -0.494 e. The lowest BCUT2D eigenvalue weighted by Gasteiger charge is -2.11. The van der Waals surface area contributed by atoms with E-state index >= 15 is 0 Å². The molecule has 0 aliphatic carbocycles. The number of aromatic amines is 1. The molecule has 0 atom stereocenters. The van der Waals surface area contributed by atoms with Gasteiger partial charge in [-0.2, -0.15) is 0 Å². The number of H-pyrrole nitrogens is 1. The van der Waals surface area contributed by atoms with E-state index in [0.717, 1.165) is 14.6 Å². The molecule has 0 bridgehead atoms. The van der Waals surface area contributed by atoms with Gasteiger partial charge in [0.25, 0.3) is 5.56 Å². The zero-order chi connectivity index (χ0) is 14.2. The maximum atomic E-state index is 11.9. The molecule has 0 radical (unpaired) electrons. The summed E-state index contributed by atoms with van der Waals surface area (Å²) >= 11 is 3.34. The van der Waals surface area contributed by atoms with Gasteiger partial charge in [0.1, 0.15) is 0 Å². The summed E-state index contributed by atoms with van der Waals surface area (Å²) in [6.45, 7) is 3.62. The molecule has 1 aromatic heterocycles. The van der Waals surface area contributed by atoms with Gasteiger partial charge in [-0.25, -0.2) is 9.36 Å². The van der Waals surface area contributed by atoms with E-state index in [2.05, 4.69) is 20.9 Å². The van der Waals surface area contributed by atoms with E-state index in [1.807, 2.05) is 13.0 Å². The van der Waals surface area contributed by atoms with E-state index in [9.17, 15) is 14.7 Å². The first kappa shape index (κ1) is 13.6. The molecule has 0 aliphatic rings. The topological polar surface area (TPSA) is 75.1 Å². The molecular formula is C13H13BrN2O3. The molecule has 100 valence electrons. The van der Waals surface area contributed by atoms with Gasteiger partial charge in [0.05, 0.1) is 11.3 Å². The Balaban J connectivity index is 2.82. The zero-order valence-electron chi connectivity index (χ0n) is 10.5. The molecule has 2 rings (SSSR count). The van der Waals surface area contributed by atoms with Crippen LogP contribution >= 0.6 is 15.9 Å². The summed E-state index contributed by atoms with van der Waals surface area (Å²) in [6, 6.07) is 5.34. The fourth-order valence-corrected chi connectivity index (χ4v) is 2.56. The van der Waals surface area contributed by atoms with Crippen LogP contribution in [0.2, 0.25) is 0 Å². The second-order valence-electron chi connectivity index (χ2n) is 4.24. The number of benzene rings is 1. The number of hydrogen-bond donors (Lipinski definition) is 2. The first-order valence-electron chi connectivity index (χ1n) is 5.78. The summed E-state index contributed by atoms with van der Waals surface area (Å²) in [5, 5.41) is 10.1. The summed E-state index contributed by atoms with van der Waals surface area (Å²) in [5.74, 6) is -0.311. The van der Waals surface area contributed by atoms with Crippen LogP contribution in [0.25, 0.3) is 5.69 Å². The molecule has 1 heterocycles. The summed E-state index contributed by atoms with van der Waals surface area (Å²) in [7, 11) is 0. The lowest BCUT2D eigenvalue weighted by molar-refractivity contribution is 0.423. The third-order valence-corrected chi connectivity index (χ3v) is 3.28. The highest BCUT2D eigenvalue weighted by atomic mass is 79.9. The highest BCUT2D eigenvalue weighted by Gasteiger charge is 2.14. The summed E-state index contributed by atoms with van der Waals surface area (Å²) in [5.41, 5.74) is 0.419. The predicted octanol–water partition coefficient (Wildman–Crippen LogP) is 1.86. The SMILES string of the molecule is CCc1c(O)n(-c2cc(C)cc(Br)c2)c(=O)[nH]c1=O. The summed E-state index contributed by atoms with van der Waals surface area (Å²) in [4.78, 5) is 25.7. The molecule has 19 heavy (non-hydrogen) atoms. The maximum absolute atomic E-state index is 11.9. The minimum absolute atomic E-state index is 0.192. The van der Waals surface area contributed by atoms with E-state index in [4.69, 9.17) is 0 Å². The molecule has 0 spiro atoms. The number of rotatable bonds is 2. The number of hydrogen-bond acceptors (Lipinski definition) is 3. The van der Waals surface area contributed by atoms with E-state index in [1.54, 1.807) is 19.1 Å². The van der Waals surface area contributed by atoms with Crippen molar-refractivity contribution in [1.29, 1.82) is 0 Å². The van der Waals surface area contributed by atoms with Crippen molar-refractivity contribution in [3.05, 3.63) is 54.6 Å². The Hall–Kier alpha value is -1.82. The smallest absolute Gasteiger partial charge is 0.335 e. The Kier molecular flexibility index (Phi) is 3.61. The van der Waals surface area contributed by atoms with Crippen LogP contribution in [-0.4, -0.2) is 14.7 Å². The number of nitrogens with zero attached hydrogens (tertiary/aromatic N) is 1. The van der Waals surface area contributed by atoms with Gasteiger partial charge >= 0.3 is 5.69 Å². The Morgan fingerprint density at radius 3 is 2.58 bits per heavy atom. The summed E-state index contributed by atoms with van der Waals surface area (Å²) < 4.78 is 1.89. The second-order valence-corrected chi connectivity index (χ2v) is 5.15. The maximum Gasteiger partial charge on any atom is 0.335 e. The van der Waals surface area contributed by atoms with E-state index < -0.39 is 11.2 Å². The van der Waals surface area contributed by atoms with Gasteiger partial charge in [-0.3, -0.25) is 9.78 Å². The first-order chi connectivity index (χ1) is 8.93. The third kappa shape index (κ3) is 2.49. The van der Waals surface area contributed by atoms with Gasteiger partial charge in [-0.1, -0.05) is 22.9 Å². The average molecular weight is 325 g/mol. The molecule has 2 N–H and O–H groups in total. The highest BCUT2D eigenvalue weighted by Crippen LogP contribution is 2.21. The molecule has 0 aliphatic heterocycles. The van der Waals surface area contributed by atoms with Gasteiger partial charge in [0, 0.05) is 4.47 Å². The van der Waals surface area contributed by atoms with Crippen molar-refractivity contribution in [2.75, 3.05) is 0 Å². The van der Waals surface area contributed by atoms with Crippen molar-refractivity contribution in [2.24, 2.45) is 0 Å². The number of aryl methyl sites for hydroxylation is 1. The minimum atomic E-state index is -0.655. The van der Waals surface area contributed by atoms with E-state index in [0.29, 0.717) is 12.1 Å². The highest BCUT2D eigenvalue weighted by molar-refractivity contribution is 9.10. The molecule has 6 heteroatoms. The average Bonchev–Trinajstić information content (AvgIpc) is 2.27. The Labute approximate surface area is 117 Å². The molecule has 0 fully saturated rings. The molecule has 2 aromatic rings. The summed E-state index contributed by atoms with van der Waals surface area (Å²) in [6.07, 6.45) is 0.342. The largest absolute Gasteiger partial charge is 0.494 e. The quantitative estimate of drug-likeness (QED) is 0.885. The zero-order valence-corrected chi connectivity index (χ0v) is 12.1. The van der Waals surface area contributed by atoms with Crippen molar-refractivity contribution >= 4 is 15.9 Å². The van der Waals surface area contributed by atoms with Gasteiger partial charge < -0.3 is 5.11 Å². The lowest BCUT2D eigenvalue weighted by atomic mass is 10.2. The fourth-order valence-electron chi connectivity index (χ4n) is 1.97. The number of aromatic nitrogens is 2. The molecule has 0 unspecified atom stereocenters. The molecule has 1 aromatic carbocycles. The van der Waals surface area contributed by atoms with Gasteiger partial charge in [-0.05, 0) is 37.1 Å². The van der Waals surface area contributed by atoms with Gasteiger partial charge in [0.2, 0.25) is 5.88 Å². The molecule has 0 amide bonds. The van der Waals surface area contributed by atoms with Crippen molar-refractivity contribution in [2.45, 2.75) is 20.3 Å². The van der Waals surface area contributed by atoms with Crippen LogP contribution in [0.15, 0.2) is 32.3 Å². The lowest BCUT2D eigenvalue weighted by Crippen LogP contribution is -2.31. The second kappa shape index (κ2) is 5.05. The van der Waals surface area contributed by atoms with Crippen LogP contribution < -0.4 is 11.2 Å². The number of nitrogens with one attached hydrogen (secondary N) is 1. The van der Waals surface area contributed by atoms with E-state index in [-0.39, 0.29) is 11.4 Å². The predicted molar refractivity (Wildman–Crippen MR) is 76.1 cm³/mol. The number of aromatic hydroxyl groups is 1. The Bertz CT molecular complexity index is 726. The van der Waals surface area contributed by atoms with Crippen LogP contribution in [0.5, 0.6) is 5.88 Å².